The Balaban J connectivity index is 5.54. The normalized spacial score (nSPS) is 15.9. The molecule has 0 amide bonds. The van der Waals surface area contributed by atoms with Gasteiger partial charge in [-0.3, -0.25) is 0 Å². The van der Waals surface area contributed by atoms with Gasteiger partial charge in [-0.2, -0.15) is 0 Å². The molecule has 0 aromatic heterocycles. The number of rotatable bonds is 3. The van der Waals surface area contributed by atoms with Crippen molar-refractivity contribution in [2.45, 2.75) is 58.9 Å². The monoisotopic (exact) mass is 327 g/mol. The van der Waals surface area contributed by atoms with E-state index in [-0.39, 0.29) is 0 Å². The van der Waals surface area contributed by atoms with Crippen LogP contribution in [-0.2, 0) is 0 Å². The Morgan fingerprint density at radius 3 is 0.643 bits per heavy atom. The van der Waals surface area contributed by atoms with Crippen LogP contribution in [0.3, 0.4) is 0 Å². The fourth-order valence-electron chi connectivity index (χ4n) is 3.38. The van der Waals surface area contributed by atoms with Crippen LogP contribution < -0.4 is 0 Å². The van der Waals surface area contributed by atoms with Crippen molar-refractivity contribution in [3.8, 4) is 0 Å². The molecule has 0 aliphatic heterocycles. The van der Waals surface area contributed by atoms with Crippen LogP contribution in [0.2, 0.25) is 58.9 Å². The molecule has 0 saturated heterocycles. The molecule has 0 N–H and O–H groups in total. The Morgan fingerprint density at radius 2 is 0.643 bits per heavy atom. The molecule has 0 bridgehead atoms. The van der Waals surface area contributed by atoms with Crippen LogP contribution in [0.4, 0.5) is 0 Å². The zero-order valence-corrected chi connectivity index (χ0v) is 17.1. The Bertz CT molecular complexity index is 170. The molecule has 0 spiro atoms. The molecule has 0 rings (SSSR count). The molecular formula is C9H27SeSi4-. The van der Waals surface area contributed by atoms with Gasteiger partial charge in [-0.05, 0) is 0 Å². The average molecular weight is 327 g/mol. The van der Waals surface area contributed by atoms with E-state index in [1.165, 1.54) is 0 Å². The SMILES string of the molecule is C[Si](C)(C)[Si]([Se-])([Si](C)(C)C)[Si](C)(C)C. The first-order valence-electron chi connectivity index (χ1n) is 5.45. The van der Waals surface area contributed by atoms with Gasteiger partial charge in [0.15, 0.2) is 0 Å². The fourth-order valence-corrected chi connectivity index (χ4v) is 91.1. The standard InChI is InChI=1S/C9H27SeSi4/c1-11(2,3)14(10,12(4,5)6)13(7,8)9/h1-9H3/q-1. The fraction of sp³-hybridized carbons (Fsp3) is 1.00. The molecule has 0 saturated carbocycles. The molecular weight excluding hydrogens is 299 g/mol. The summed E-state index contributed by atoms with van der Waals surface area (Å²) < 4.78 is 0. The predicted molar refractivity (Wildman–Crippen MR) is 81.5 cm³/mol. The molecule has 0 heterocycles. The van der Waals surface area contributed by atoms with Gasteiger partial charge in [-0.15, -0.1) is 0 Å². The topological polar surface area (TPSA) is 0 Å². The van der Waals surface area contributed by atoms with E-state index < -0.39 is 28.0 Å². The quantitative estimate of drug-likeness (QED) is 0.698. The summed E-state index contributed by atoms with van der Waals surface area (Å²) in [5, 5.41) is -1.06. The first-order valence-corrected chi connectivity index (χ1v) is 23.4. The third-order valence-corrected chi connectivity index (χ3v) is 104. The minimum absolute atomic E-state index is 0.975. The summed E-state index contributed by atoms with van der Waals surface area (Å²) in [4.78, 5) is 0. The van der Waals surface area contributed by atoms with Gasteiger partial charge in [0.25, 0.3) is 0 Å². The summed E-state index contributed by atoms with van der Waals surface area (Å²) in [6.45, 7) is 23.4. The molecule has 0 aromatic rings. The summed E-state index contributed by atoms with van der Waals surface area (Å²) in [6, 6.07) is 0. The van der Waals surface area contributed by atoms with Gasteiger partial charge in [0, 0.05) is 0 Å². The van der Waals surface area contributed by atoms with E-state index in [0.29, 0.717) is 0 Å². The van der Waals surface area contributed by atoms with E-state index in [1.54, 1.807) is 0 Å². The van der Waals surface area contributed by atoms with Gasteiger partial charge >= 0.3 is 102 Å². The van der Waals surface area contributed by atoms with E-state index in [0.717, 1.165) is 0 Å². The summed E-state index contributed by atoms with van der Waals surface area (Å²) >= 11 is 3.83. The average Bonchev–Trinajstić information content (AvgIpc) is 1.77. The van der Waals surface area contributed by atoms with Gasteiger partial charge in [-0.1, -0.05) is 0 Å². The Kier molecular flexibility index (Phi) is 4.40. The number of hydrogen-bond donors (Lipinski definition) is 0. The first kappa shape index (κ1) is 15.4. The molecule has 0 aliphatic rings. The van der Waals surface area contributed by atoms with Crippen LogP contribution in [0.15, 0.2) is 0 Å². The second-order valence-corrected chi connectivity index (χ2v) is 58.2. The van der Waals surface area contributed by atoms with E-state index in [4.69, 9.17) is 0 Å². The predicted octanol–water partition coefficient (Wildman–Crippen LogP) is 3.35. The van der Waals surface area contributed by atoms with Crippen LogP contribution in [0.25, 0.3) is 0 Å². The summed E-state index contributed by atoms with van der Waals surface area (Å²) in [7, 11) is -2.92. The van der Waals surface area contributed by atoms with Crippen LogP contribution in [-0.4, -0.2) is 43.4 Å². The summed E-state index contributed by atoms with van der Waals surface area (Å²) in [5.41, 5.74) is 0. The Hall–Kier alpha value is 1.39. The van der Waals surface area contributed by atoms with Gasteiger partial charge in [-0.25, -0.2) is 0 Å². The molecule has 0 radical (unpaired) electrons. The van der Waals surface area contributed by atoms with Crippen molar-refractivity contribution in [1.29, 1.82) is 0 Å². The van der Waals surface area contributed by atoms with Crippen molar-refractivity contribution >= 4 is 43.4 Å². The van der Waals surface area contributed by atoms with Crippen molar-refractivity contribution in [3.05, 3.63) is 0 Å². The molecule has 0 aromatic carbocycles. The van der Waals surface area contributed by atoms with Crippen molar-refractivity contribution in [1.82, 2.24) is 0 Å². The van der Waals surface area contributed by atoms with E-state index in [1.807, 2.05) is 0 Å². The Morgan fingerprint density at radius 1 is 0.500 bits per heavy atom. The van der Waals surface area contributed by atoms with Crippen LogP contribution in [0.5, 0.6) is 0 Å². The Labute approximate surface area is 102 Å². The zero-order chi connectivity index (χ0) is 12.0. The van der Waals surface area contributed by atoms with Crippen molar-refractivity contribution < 1.29 is 0 Å². The molecule has 0 unspecified atom stereocenters. The van der Waals surface area contributed by atoms with Crippen LogP contribution >= 0.6 is 0 Å². The van der Waals surface area contributed by atoms with Crippen molar-refractivity contribution in [2.75, 3.05) is 0 Å². The molecule has 86 valence electrons. The third kappa shape index (κ3) is 2.55. The van der Waals surface area contributed by atoms with Crippen molar-refractivity contribution in [3.63, 3.8) is 0 Å². The molecule has 14 heavy (non-hydrogen) atoms. The summed E-state index contributed by atoms with van der Waals surface area (Å²) in [6.07, 6.45) is 0. The summed E-state index contributed by atoms with van der Waals surface area (Å²) in [5.74, 6) is 0. The maximum atomic E-state index is 3.83. The molecule has 0 fully saturated rings. The number of hydrogen-bond acceptors (Lipinski definition) is 0. The second-order valence-electron chi connectivity index (χ2n) is 7.43. The van der Waals surface area contributed by atoms with E-state index in [2.05, 4.69) is 74.3 Å². The van der Waals surface area contributed by atoms with E-state index >= 15 is 0 Å². The third-order valence-electron chi connectivity index (χ3n) is 3.17. The molecule has 0 aliphatic carbocycles. The van der Waals surface area contributed by atoms with E-state index in [9.17, 15) is 0 Å². The van der Waals surface area contributed by atoms with Gasteiger partial charge in [0.05, 0.1) is 0 Å². The van der Waals surface area contributed by atoms with Gasteiger partial charge in [0.2, 0.25) is 0 Å². The molecule has 0 nitrogen and oxygen atoms in total. The minimum atomic E-state index is -1.06. The first-order chi connectivity index (χ1) is 5.75. The van der Waals surface area contributed by atoms with Crippen molar-refractivity contribution in [2.24, 2.45) is 0 Å². The van der Waals surface area contributed by atoms with Crippen LogP contribution in [0.1, 0.15) is 0 Å². The molecule has 5 heteroatoms. The second kappa shape index (κ2) is 4.00. The van der Waals surface area contributed by atoms with Gasteiger partial charge < -0.3 is 0 Å². The zero-order valence-electron chi connectivity index (χ0n) is 11.4. The molecule has 0 atom stereocenters. The van der Waals surface area contributed by atoms with Crippen LogP contribution in [0, 0.1) is 0 Å². The van der Waals surface area contributed by atoms with Gasteiger partial charge in [0.1, 0.15) is 0 Å². The maximum absolute atomic E-state index is 3.83.